The van der Waals surface area contributed by atoms with Crippen LogP contribution in [0.1, 0.15) is 24.6 Å². The Hall–Kier alpha value is -3.12. The van der Waals surface area contributed by atoms with Gasteiger partial charge in [0.25, 0.3) is 5.56 Å². The third kappa shape index (κ3) is 3.77. The number of aromatic amines is 1. The molecule has 0 radical (unpaired) electrons. The summed E-state index contributed by atoms with van der Waals surface area (Å²) < 4.78 is 1.27. The average Bonchev–Trinajstić information content (AvgIpc) is 3.11. The fourth-order valence-electron chi connectivity index (χ4n) is 3.09. The normalized spacial score (nSPS) is 11.1. The van der Waals surface area contributed by atoms with Crippen molar-refractivity contribution < 1.29 is 0 Å². The number of fused-ring (bicyclic) bond motifs is 1. The molecule has 2 aromatic heterocycles. The summed E-state index contributed by atoms with van der Waals surface area (Å²) in [5, 5.41) is 8.04. The third-order valence-corrected chi connectivity index (χ3v) is 4.85. The van der Waals surface area contributed by atoms with E-state index in [1.807, 2.05) is 48.5 Å². The van der Waals surface area contributed by atoms with E-state index in [4.69, 9.17) is 11.6 Å². The van der Waals surface area contributed by atoms with Crippen LogP contribution in [0.4, 0.5) is 5.95 Å². The van der Waals surface area contributed by atoms with Crippen LogP contribution in [0.5, 0.6) is 0 Å². The summed E-state index contributed by atoms with van der Waals surface area (Å²) >= 11 is 6.46. The quantitative estimate of drug-likeness (QED) is 0.512. The van der Waals surface area contributed by atoms with Gasteiger partial charge in [-0.2, -0.15) is 9.50 Å². The molecular weight excluding hydrogens is 374 g/mol. The largest absolute Gasteiger partial charge is 0.349 e. The fourth-order valence-corrected chi connectivity index (χ4v) is 3.34. The summed E-state index contributed by atoms with van der Waals surface area (Å²) in [7, 11) is 0. The average molecular weight is 394 g/mol. The van der Waals surface area contributed by atoms with Crippen molar-refractivity contribution in [3.8, 4) is 11.1 Å². The maximum absolute atomic E-state index is 12.2. The lowest BCUT2D eigenvalue weighted by atomic mass is 10.0. The lowest BCUT2D eigenvalue weighted by Crippen LogP contribution is -2.15. The first kappa shape index (κ1) is 18.3. The zero-order valence-electron chi connectivity index (χ0n) is 15.4. The molecule has 0 aliphatic heterocycles. The number of benzene rings is 2. The standard InChI is InChI=1S/C21H20ClN5O/c1-2-6-17-12-19(28)27-21(24-17)25-20(26-27)23-13-16-10-9-15(11-18(16)22)14-7-4-3-5-8-14/h3-5,7-12H,2,6,13H2,1H3,(H2,23,24,25,26). The van der Waals surface area contributed by atoms with Gasteiger partial charge in [-0.1, -0.05) is 67.4 Å². The molecule has 0 unspecified atom stereocenters. The van der Waals surface area contributed by atoms with E-state index in [-0.39, 0.29) is 5.56 Å². The number of H-pyrrole nitrogens is 1. The van der Waals surface area contributed by atoms with Crippen molar-refractivity contribution in [3.05, 3.63) is 81.2 Å². The van der Waals surface area contributed by atoms with Gasteiger partial charge in [-0.3, -0.25) is 4.79 Å². The van der Waals surface area contributed by atoms with E-state index in [1.54, 1.807) is 6.07 Å². The Morgan fingerprint density at radius 1 is 1.11 bits per heavy atom. The molecule has 0 spiro atoms. The highest BCUT2D eigenvalue weighted by Gasteiger charge is 2.09. The maximum Gasteiger partial charge on any atom is 0.275 e. The molecule has 4 rings (SSSR count). The molecule has 2 N–H and O–H groups in total. The molecule has 0 bridgehead atoms. The molecule has 28 heavy (non-hydrogen) atoms. The smallest absolute Gasteiger partial charge is 0.275 e. The molecule has 2 aromatic carbocycles. The first-order valence-corrected chi connectivity index (χ1v) is 9.58. The second kappa shape index (κ2) is 7.86. The van der Waals surface area contributed by atoms with Crippen molar-refractivity contribution in [2.24, 2.45) is 0 Å². The lowest BCUT2D eigenvalue weighted by Gasteiger charge is -2.08. The Morgan fingerprint density at radius 2 is 1.93 bits per heavy atom. The zero-order chi connectivity index (χ0) is 19.5. The molecule has 0 fully saturated rings. The summed E-state index contributed by atoms with van der Waals surface area (Å²) in [5.74, 6) is 0.814. The molecule has 0 amide bonds. The van der Waals surface area contributed by atoms with Crippen LogP contribution < -0.4 is 10.9 Å². The number of rotatable bonds is 6. The van der Waals surface area contributed by atoms with Gasteiger partial charge in [-0.05, 0) is 29.2 Å². The first-order valence-electron chi connectivity index (χ1n) is 9.20. The van der Waals surface area contributed by atoms with Crippen LogP contribution in [0, 0.1) is 0 Å². The van der Waals surface area contributed by atoms with Gasteiger partial charge in [0.05, 0.1) is 0 Å². The van der Waals surface area contributed by atoms with Gasteiger partial charge in [0.2, 0.25) is 11.7 Å². The number of nitrogens with zero attached hydrogens (tertiary/aromatic N) is 3. The van der Waals surface area contributed by atoms with Crippen molar-refractivity contribution in [1.82, 2.24) is 19.6 Å². The molecular formula is C21H20ClN5O. The summed E-state index contributed by atoms with van der Waals surface area (Å²) in [6.45, 7) is 2.52. The Kier molecular flexibility index (Phi) is 5.12. The van der Waals surface area contributed by atoms with Crippen LogP contribution in [0.3, 0.4) is 0 Å². The van der Waals surface area contributed by atoms with E-state index in [0.717, 1.165) is 35.2 Å². The minimum Gasteiger partial charge on any atom is -0.349 e. The van der Waals surface area contributed by atoms with Crippen molar-refractivity contribution in [2.45, 2.75) is 26.3 Å². The topological polar surface area (TPSA) is 75.1 Å². The number of halogens is 1. The van der Waals surface area contributed by atoms with Gasteiger partial charge >= 0.3 is 0 Å². The van der Waals surface area contributed by atoms with Crippen molar-refractivity contribution >= 4 is 23.3 Å². The number of nitrogens with one attached hydrogen (secondary N) is 2. The number of aryl methyl sites for hydroxylation is 1. The second-order valence-electron chi connectivity index (χ2n) is 6.58. The maximum atomic E-state index is 12.2. The monoisotopic (exact) mass is 393 g/mol. The van der Waals surface area contributed by atoms with Crippen molar-refractivity contribution in [3.63, 3.8) is 0 Å². The Labute approximate surface area is 167 Å². The molecule has 0 aliphatic rings. The second-order valence-corrected chi connectivity index (χ2v) is 6.99. The van der Waals surface area contributed by atoms with E-state index < -0.39 is 0 Å². The molecule has 4 aromatic rings. The Morgan fingerprint density at radius 3 is 2.68 bits per heavy atom. The van der Waals surface area contributed by atoms with Gasteiger partial charge in [0, 0.05) is 23.3 Å². The predicted octanol–water partition coefficient (Wildman–Crippen LogP) is 4.30. The summed E-state index contributed by atoms with van der Waals surface area (Å²) in [4.78, 5) is 19.7. The van der Waals surface area contributed by atoms with Gasteiger partial charge < -0.3 is 10.3 Å². The highest BCUT2D eigenvalue weighted by atomic mass is 35.5. The molecule has 7 heteroatoms. The van der Waals surface area contributed by atoms with Gasteiger partial charge in [0.1, 0.15) is 0 Å². The number of aromatic nitrogens is 4. The minimum absolute atomic E-state index is 0.192. The Bertz CT molecular complexity index is 1170. The van der Waals surface area contributed by atoms with E-state index in [0.29, 0.717) is 23.3 Å². The van der Waals surface area contributed by atoms with E-state index in [9.17, 15) is 4.79 Å². The summed E-state index contributed by atoms with van der Waals surface area (Å²) in [6.07, 6.45) is 1.74. The molecule has 2 heterocycles. The molecule has 0 saturated carbocycles. The number of hydrogen-bond acceptors (Lipinski definition) is 4. The highest BCUT2D eigenvalue weighted by molar-refractivity contribution is 6.31. The molecule has 6 nitrogen and oxygen atoms in total. The van der Waals surface area contributed by atoms with Gasteiger partial charge in [0.15, 0.2) is 0 Å². The SMILES string of the molecule is CCCc1cc(=O)n2nc(NCc3ccc(-c4ccccc4)cc3Cl)nc2[nH]1. The van der Waals surface area contributed by atoms with Gasteiger partial charge in [-0.25, -0.2) is 0 Å². The highest BCUT2D eigenvalue weighted by Crippen LogP contribution is 2.26. The zero-order valence-corrected chi connectivity index (χ0v) is 16.2. The summed E-state index contributed by atoms with van der Waals surface area (Å²) in [6, 6.07) is 17.6. The van der Waals surface area contributed by atoms with Crippen LogP contribution >= 0.6 is 11.6 Å². The van der Waals surface area contributed by atoms with Crippen LogP contribution in [0.25, 0.3) is 16.9 Å². The summed E-state index contributed by atoms with van der Waals surface area (Å²) in [5.41, 5.74) is 3.78. The van der Waals surface area contributed by atoms with Crippen LogP contribution in [-0.4, -0.2) is 19.6 Å². The minimum atomic E-state index is -0.192. The molecule has 142 valence electrons. The molecule has 0 aliphatic carbocycles. The first-order chi connectivity index (χ1) is 13.6. The van der Waals surface area contributed by atoms with E-state index in [1.165, 1.54) is 4.52 Å². The van der Waals surface area contributed by atoms with E-state index >= 15 is 0 Å². The van der Waals surface area contributed by atoms with Crippen molar-refractivity contribution in [2.75, 3.05) is 5.32 Å². The van der Waals surface area contributed by atoms with Crippen LogP contribution in [0.2, 0.25) is 5.02 Å². The third-order valence-electron chi connectivity index (χ3n) is 4.50. The number of anilines is 1. The Balaban J connectivity index is 1.53. The lowest BCUT2D eigenvalue weighted by molar-refractivity contribution is 0.837. The van der Waals surface area contributed by atoms with Crippen molar-refractivity contribution in [1.29, 1.82) is 0 Å². The van der Waals surface area contributed by atoms with E-state index in [2.05, 4.69) is 27.3 Å². The molecule has 0 saturated heterocycles. The van der Waals surface area contributed by atoms with Gasteiger partial charge in [-0.15, -0.1) is 5.10 Å². The van der Waals surface area contributed by atoms with Crippen LogP contribution in [0.15, 0.2) is 59.4 Å². The fraction of sp³-hybridized carbons (Fsp3) is 0.190. The predicted molar refractivity (Wildman–Crippen MR) is 112 cm³/mol. The molecule has 0 atom stereocenters. The number of hydrogen-bond donors (Lipinski definition) is 2. The van der Waals surface area contributed by atoms with Crippen LogP contribution in [-0.2, 0) is 13.0 Å².